The van der Waals surface area contributed by atoms with E-state index in [-0.39, 0.29) is 11.9 Å². The van der Waals surface area contributed by atoms with Crippen LogP contribution >= 0.6 is 0 Å². The highest BCUT2D eigenvalue weighted by atomic mass is 16.5. The van der Waals surface area contributed by atoms with Crippen molar-refractivity contribution in [3.63, 3.8) is 0 Å². The minimum absolute atomic E-state index is 0.0517. The summed E-state index contributed by atoms with van der Waals surface area (Å²) in [6, 6.07) is 17.8. The number of aryl methyl sites for hydroxylation is 1. The third-order valence-corrected chi connectivity index (χ3v) is 5.93. The number of fused-ring (bicyclic) bond motifs is 2. The van der Waals surface area contributed by atoms with Crippen LogP contribution in [0.25, 0.3) is 21.8 Å². The lowest BCUT2D eigenvalue weighted by Crippen LogP contribution is -2.32. The molecule has 0 spiro atoms. The zero-order chi connectivity index (χ0) is 20.7. The molecule has 1 saturated heterocycles. The van der Waals surface area contributed by atoms with Crippen molar-refractivity contribution in [1.82, 2.24) is 19.4 Å². The van der Waals surface area contributed by atoms with Gasteiger partial charge in [0.2, 0.25) is 5.88 Å². The summed E-state index contributed by atoms with van der Waals surface area (Å²) in [5.41, 5.74) is 2.50. The molecule has 1 fully saturated rings. The fourth-order valence-electron chi connectivity index (χ4n) is 4.54. The average Bonchev–Trinajstić information content (AvgIpc) is 3.42. The Morgan fingerprint density at radius 2 is 1.93 bits per heavy atom. The van der Waals surface area contributed by atoms with E-state index in [0.717, 1.165) is 47.0 Å². The third-order valence-electron chi connectivity index (χ3n) is 5.93. The molecule has 1 amide bonds. The van der Waals surface area contributed by atoms with E-state index < -0.39 is 0 Å². The van der Waals surface area contributed by atoms with E-state index in [1.807, 2.05) is 53.4 Å². The molecule has 152 valence electrons. The molecule has 1 unspecified atom stereocenters. The van der Waals surface area contributed by atoms with E-state index in [1.165, 1.54) is 0 Å². The Bertz CT molecular complexity index is 1250. The summed E-state index contributed by atoms with van der Waals surface area (Å²) < 4.78 is 7.69. The number of rotatable bonds is 4. The Hall–Kier alpha value is -3.41. The molecule has 1 aliphatic heterocycles. The molecule has 0 bridgehead atoms. The van der Waals surface area contributed by atoms with Crippen LogP contribution in [0.3, 0.4) is 0 Å². The van der Waals surface area contributed by atoms with Gasteiger partial charge in [-0.1, -0.05) is 30.3 Å². The summed E-state index contributed by atoms with van der Waals surface area (Å²) >= 11 is 0. The number of nitrogens with zero attached hydrogens (tertiary/aromatic N) is 4. The van der Waals surface area contributed by atoms with Gasteiger partial charge in [-0.2, -0.15) is 0 Å². The highest BCUT2D eigenvalue weighted by Crippen LogP contribution is 2.35. The Labute approximate surface area is 175 Å². The molecule has 0 radical (unpaired) electrons. The predicted molar refractivity (Wildman–Crippen MR) is 117 cm³/mol. The standard InChI is InChI=1S/C24H24N4O2/c1-3-27-20-12-7-6-11-18(20)25-22(27)21-13-8-14-28(21)24(29)19-15-16-9-4-5-10-17(16)23(26-19)30-2/h4-7,9-12,15,21H,3,8,13-14H2,1-2H3. The van der Waals surface area contributed by atoms with Crippen molar-refractivity contribution in [2.24, 2.45) is 0 Å². The second kappa shape index (κ2) is 7.44. The van der Waals surface area contributed by atoms with Crippen LogP contribution in [0.1, 0.15) is 42.1 Å². The molecule has 1 atom stereocenters. The molecule has 30 heavy (non-hydrogen) atoms. The number of imidazole rings is 1. The van der Waals surface area contributed by atoms with E-state index in [0.29, 0.717) is 18.1 Å². The largest absolute Gasteiger partial charge is 0.481 e. The molecular weight excluding hydrogens is 376 g/mol. The molecule has 3 heterocycles. The second-order valence-corrected chi connectivity index (χ2v) is 7.60. The summed E-state index contributed by atoms with van der Waals surface area (Å²) in [5, 5.41) is 1.85. The van der Waals surface area contributed by atoms with Crippen LogP contribution < -0.4 is 4.74 Å². The molecule has 6 heteroatoms. The quantitative estimate of drug-likeness (QED) is 0.503. The number of ether oxygens (including phenoxy) is 1. The van der Waals surface area contributed by atoms with Gasteiger partial charge in [-0.15, -0.1) is 0 Å². The van der Waals surface area contributed by atoms with Crippen molar-refractivity contribution >= 4 is 27.7 Å². The summed E-state index contributed by atoms with van der Waals surface area (Å²) in [5.74, 6) is 1.36. The predicted octanol–water partition coefficient (Wildman–Crippen LogP) is 4.59. The van der Waals surface area contributed by atoms with Crippen LogP contribution in [0, 0.1) is 0 Å². The molecule has 2 aromatic carbocycles. The maximum absolute atomic E-state index is 13.5. The Balaban J connectivity index is 1.56. The van der Waals surface area contributed by atoms with Crippen LogP contribution in [0.15, 0.2) is 54.6 Å². The van der Waals surface area contributed by atoms with Crippen LogP contribution in [0.4, 0.5) is 0 Å². The molecule has 0 saturated carbocycles. The highest BCUT2D eigenvalue weighted by Gasteiger charge is 2.35. The minimum atomic E-state index is -0.0729. The number of likely N-dealkylation sites (tertiary alicyclic amines) is 1. The minimum Gasteiger partial charge on any atom is -0.481 e. The first-order chi connectivity index (χ1) is 14.7. The van der Waals surface area contributed by atoms with Gasteiger partial charge in [0, 0.05) is 18.5 Å². The van der Waals surface area contributed by atoms with Crippen molar-refractivity contribution < 1.29 is 9.53 Å². The van der Waals surface area contributed by atoms with E-state index >= 15 is 0 Å². The van der Waals surface area contributed by atoms with Crippen molar-refractivity contribution in [2.45, 2.75) is 32.4 Å². The highest BCUT2D eigenvalue weighted by molar-refractivity contribution is 5.98. The van der Waals surface area contributed by atoms with E-state index in [2.05, 4.69) is 22.5 Å². The SMILES string of the molecule is CCn1c(C2CCCN2C(=O)c2cc3ccccc3c(OC)n2)nc2ccccc21. The van der Waals surface area contributed by atoms with Gasteiger partial charge >= 0.3 is 0 Å². The van der Waals surface area contributed by atoms with Gasteiger partial charge in [0.15, 0.2) is 0 Å². The zero-order valence-electron chi connectivity index (χ0n) is 17.2. The Kier molecular flexibility index (Phi) is 4.62. The fraction of sp³-hybridized carbons (Fsp3) is 0.292. The van der Waals surface area contributed by atoms with Gasteiger partial charge in [-0.05, 0) is 49.4 Å². The van der Waals surface area contributed by atoms with Crippen LogP contribution in [-0.4, -0.2) is 39.0 Å². The first kappa shape index (κ1) is 18.6. The number of methoxy groups -OCH3 is 1. The zero-order valence-corrected chi connectivity index (χ0v) is 17.2. The second-order valence-electron chi connectivity index (χ2n) is 7.60. The fourth-order valence-corrected chi connectivity index (χ4v) is 4.54. The Morgan fingerprint density at radius 3 is 2.77 bits per heavy atom. The number of carbonyl (C=O) groups excluding carboxylic acids is 1. The maximum Gasteiger partial charge on any atom is 0.273 e. The maximum atomic E-state index is 13.5. The summed E-state index contributed by atoms with van der Waals surface area (Å²) in [7, 11) is 1.59. The lowest BCUT2D eigenvalue weighted by Gasteiger charge is -2.25. The number of hydrogen-bond acceptors (Lipinski definition) is 4. The molecule has 1 aliphatic rings. The molecule has 6 nitrogen and oxygen atoms in total. The number of hydrogen-bond donors (Lipinski definition) is 0. The number of para-hydroxylation sites is 2. The lowest BCUT2D eigenvalue weighted by molar-refractivity contribution is 0.0721. The van der Waals surface area contributed by atoms with Crippen LogP contribution in [0.5, 0.6) is 5.88 Å². The molecule has 4 aromatic rings. The Morgan fingerprint density at radius 1 is 1.13 bits per heavy atom. The molecule has 5 rings (SSSR count). The lowest BCUT2D eigenvalue weighted by atomic mass is 10.1. The normalized spacial score (nSPS) is 16.5. The van der Waals surface area contributed by atoms with Gasteiger partial charge in [-0.25, -0.2) is 9.97 Å². The van der Waals surface area contributed by atoms with Gasteiger partial charge in [0.05, 0.1) is 24.2 Å². The van der Waals surface area contributed by atoms with E-state index in [4.69, 9.17) is 9.72 Å². The van der Waals surface area contributed by atoms with E-state index in [9.17, 15) is 4.79 Å². The summed E-state index contributed by atoms with van der Waals surface area (Å²) in [4.78, 5) is 24.9. The first-order valence-electron chi connectivity index (χ1n) is 10.4. The molecular formula is C24H24N4O2. The topological polar surface area (TPSA) is 60.2 Å². The molecule has 0 aliphatic carbocycles. The number of amides is 1. The van der Waals surface area contributed by atoms with Crippen molar-refractivity contribution in [1.29, 1.82) is 0 Å². The van der Waals surface area contributed by atoms with Gasteiger partial charge in [0.1, 0.15) is 11.5 Å². The van der Waals surface area contributed by atoms with Crippen molar-refractivity contribution in [3.05, 3.63) is 66.1 Å². The van der Waals surface area contributed by atoms with Crippen molar-refractivity contribution in [3.8, 4) is 5.88 Å². The van der Waals surface area contributed by atoms with E-state index in [1.54, 1.807) is 7.11 Å². The number of carbonyl (C=O) groups is 1. The smallest absolute Gasteiger partial charge is 0.273 e. The van der Waals surface area contributed by atoms with Crippen molar-refractivity contribution in [2.75, 3.05) is 13.7 Å². The molecule has 0 N–H and O–H groups in total. The van der Waals surface area contributed by atoms with Gasteiger partial charge < -0.3 is 14.2 Å². The van der Waals surface area contributed by atoms with Crippen LogP contribution in [0.2, 0.25) is 0 Å². The third kappa shape index (κ3) is 2.91. The number of benzene rings is 2. The van der Waals surface area contributed by atoms with Crippen LogP contribution in [-0.2, 0) is 6.54 Å². The average molecular weight is 400 g/mol. The van der Waals surface area contributed by atoms with Gasteiger partial charge in [0.25, 0.3) is 5.91 Å². The number of aromatic nitrogens is 3. The van der Waals surface area contributed by atoms with Gasteiger partial charge in [-0.3, -0.25) is 4.79 Å². The first-order valence-corrected chi connectivity index (χ1v) is 10.4. The summed E-state index contributed by atoms with van der Waals surface area (Å²) in [6.07, 6.45) is 1.85. The summed E-state index contributed by atoms with van der Waals surface area (Å²) in [6.45, 7) is 3.64. The number of pyridine rings is 1. The molecule has 2 aromatic heterocycles. The monoisotopic (exact) mass is 400 g/mol.